The van der Waals surface area contributed by atoms with Gasteiger partial charge in [0.05, 0.1) is 12.7 Å². The lowest BCUT2D eigenvalue weighted by Crippen LogP contribution is -2.65. The van der Waals surface area contributed by atoms with E-state index >= 15 is 0 Å². The summed E-state index contributed by atoms with van der Waals surface area (Å²) < 4.78 is 12.2. The smallest absolute Gasteiger partial charge is 0.166 e. The van der Waals surface area contributed by atoms with E-state index in [2.05, 4.69) is 30.2 Å². The molecule has 1 fully saturated rings. The summed E-state index contributed by atoms with van der Waals surface area (Å²) >= 11 is 0. The largest absolute Gasteiger partial charge is 0.490 e. The van der Waals surface area contributed by atoms with Gasteiger partial charge in [-0.2, -0.15) is 0 Å². The second-order valence-corrected chi connectivity index (χ2v) is 7.34. The van der Waals surface area contributed by atoms with Crippen molar-refractivity contribution in [3.8, 4) is 11.5 Å². The minimum Gasteiger partial charge on any atom is -0.490 e. The van der Waals surface area contributed by atoms with Crippen molar-refractivity contribution >= 4 is 0 Å². The van der Waals surface area contributed by atoms with Crippen molar-refractivity contribution in [1.29, 1.82) is 0 Å². The van der Waals surface area contributed by atoms with Crippen molar-refractivity contribution in [3.63, 3.8) is 0 Å². The first-order valence-corrected chi connectivity index (χ1v) is 8.69. The molecule has 1 saturated heterocycles. The van der Waals surface area contributed by atoms with Gasteiger partial charge in [0.1, 0.15) is 6.10 Å². The highest BCUT2D eigenvalue weighted by Gasteiger charge is 2.64. The third-order valence-electron chi connectivity index (χ3n) is 6.46. The SMILES string of the molecule is CCOc1ccc2c3c1O[C@H]1C=C[C@@H](O)[C@H]4[C@@H](C2)N(C)CC[C@@]341. The second kappa shape index (κ2) is 4.52. The summed E-state index contributed by atoms with van der Waals surface area (Å²) in [4.78, 5) is 2.42. The number of nitrogens with zero attached hydrogens (tertiary/aromatic N) is 1. The fraction of sp³-hybridized carbons (Fsp3) is 0.579. The van der Waals surface area contributed by atoms with Crippen LogP contribution in [-0.2, 0) is 11.8 Å². The minimum atomic E-state index is -0.391. The van der Waals surface area contributed by atoms with Crippen LogP contribution in [0.5, 0.6) is 11.5 Å². The molecule has 2 heterocycles. The molecule has 0 amide bonds. The van der Waals surface area contributed by atoms with Crippen LogP contribution in [0.4, 0.5) is 0 Å². The Morgan fingerprint density at radius 1 is 1.39 bits per heavy atom. The van der Waals surface area contributed by atoms with Crippen molar-refractivity contribution in [3.05, 3.63) is 35.4 Å². The molecule has 2 bridgehead atoms. The molecule has 0 saturated carbocycles. The molecule has 4 aliphatic rings. The van der Waals surface area contributed by atoms with Gasteiger partial charge in [-0.05, 0) is 51.1 Å². The number of aliphatic hydroxyl groups is 1. The van der Waals surface area contributed by atoms with Gasteiger partial charge in [0.2, 0.25) is 0 Å². The molecule has 5 rings (SSSR count). The predicted octanol–water partition coefficient (Wildman–Crippen LogP) is 1.89. The Bertz CT molecular complexity index is 700. The average molecular weight is 313 g/mol. The van der Waals surface area contributed by atoms with E-state index in [4.69, 9.17) is 9.47 Å². The molecule has 2 aliphatic heterocycles. The van der Waals surface area contributed by atoms with E-state index < -0.39 is 6.10 Å². The number of benzene rings is 1. The summed E-state index contributed by atoms with van der Waals surface area (Å²) in [6.45, 7) is 3.70. The van der Waals surface area contributed by atoms with Crippen molar-refractivity contribution in [2.24, 2.45) is 5.92 Å². The summed E-state index contributed by atoms with van der Waals surface area (Å²) in [7, 11) is 2.19. The van der Waals surface area contributed by atoms with E-state index in [0.717, 1.165) is 30.9 Å². The van der Waals surface area contributed by atoms with Gasteiger partial charge in [0.15, 0.2) is 11.5 Å². The van der Waals surface area contributed by atoms with Crippen LogP contribution in [-0.4, -0.2) is 48.5 Å². The van der Waals surface area contributed by atoms with E-state index in [1.54, 1.807) is 0 Å². The molecule has 0 aromatic heterocycles. The van der Waals surface area contributed by atoms with Crippen LogP contribution in [0.1, 0.15) is 24.5 Å². The number of piperidine rings is 1. The van der Waals surface area contributed by atoms with Crippen LogP contribution in [0, 0.1) is 5.92 Å². The maximum atomic E-state index is 10.8. The molecule has 1 N–H and O–H groups in total. The number of likely N-dealkylation sites (N-methyl/N-ethyl adjacent to an activating group) is 1. The van der Waals surface area contributed by atoms with Crippen LogP contribution < -0.4 is 9.47 Å². The minimum absolute atomic E-state index is 0.0303. The number of likely N-dealkylation sites (tertiary alicyclic amines) is 1. The van der Waals surface area contributed by atoms with Gasteiger partial charge in [0.25, 0.3) is 0 Å². The van der Waals surface area contributed by atoms with Crippen molar-refractivity contribution in [1.82, 2.24) is 4.90 Å². The molecule has 4 heteroatoms. The Hall–Kier alpha value is -1.52. The highest BCUT2D eigenvalue weighted by molar-refractivity contribution is 5.62. The maximum Gasteiger partial charge on any atom is 0.166 e. The van der Waals surface area contributed by atoms with Crippen LogP contribution in [0.25, 0.3) is 0 Å². The summed E-state index contributed by atoms with van der Waals surface area (Å²) in [5.74, 6) is 2.00. The van der Waals surface area contributed by atoms with Crippen LogP contribution >= 0.6 is 0 Å². The Labute approximate surface area is 136 Å². The van der Waals surface area contributed by atoms with Gasteiger partial charge in [-0.15, -0.1) is 0 Å². The third-order valence-corrected chi connectivity index (χ3v) is 6.46. The Balaban J connectivity index is 1.78. The fourth-order valence-corrected chi connectivity index (χ4v) is 5.57. The quantitative estimate of drug-likeness (QED) is 0.847. The molecule has 1 spiro atoms. The van der Waals surface area contributed by atoms with Crippen LogP contribution in [0.15, 0.2) is 24.3 Å². The normalized spacial score (nSPS) is 39.8. The monoisotopic (exact) mass is 313 g/mol. The molecular weight excluding hydrogens is 290 g/mol. The van der Waals surface area contributed by atoms with E-state index in [1.807, 2.05) is 13.0 Å². The number of hydrogen-bond donors (Lipinski definition) is 1. The Morgan fingerprint density at radius 3 is 3.09 bits per heavy atom. The van der Waals surface area contributed by atoms with Gasteiger partial charge in [0, 0.05) is 22.9 Å². The van der Waals surface area contributed by atoms with Crippen molar-refractivity contribution < 1.29 is 14.6 Å². The third kappa shape index (κ3) is 1.54. The van der Waals surface area contributed by atoms with Crippen LogP contribution in [0.3, 0.4) is 0 Å². The molecule has 0 unspecified atom stereocenters. The van der Waals surface area contributed by atoms with E-state index in [9.17, 15) is 5.11 Å². The maximum absolute atomic E-state index is 10.8. The van der Waals surface area contributed by atoms with Gasteiger partial charge in [-0.1, -0.05) is 12.1 Å². The Morgan fingerprint density at radius 2 is 2.26 bits per heavy atom. The standard InChI is InChI=1S/C19H23NO3/c1-3-22-14-6-4-11-10-12-17-13(21)5-7-15-19(17,8-9-20(12)2)16(11)18(14)23-15/h4-7,12-13,15,17,21H,3,8-10H2,1-2H3/t12-,13-,15+,17-,19-/m1/s1. The number of ether oxygens (including phenoxy) is 2. The van der Waals surface area contributed by atoms with Crippen molar-refractivity contribution in [2.75, 3.05) is 20.2 Å². The lowest BCUT2D eigenvalue weighted by molar-refractivity contribution is -0.0575. The summed E-state index contributed by atoms with van der Waals surface area (Å²) in [5.41, 5.74) is 2.62. The van der Waals surface area contributed by atoms with Gasteiger partial charge in [-0.25, -0.2) is 0 Å². The van der Waals surface area contributed by atoms with E-state index in [0.29, 0.717) is 12.6 Å². The zero-order chi connectivity index (χ0) is 15.8. The highest BCUT2D eigenvalue weighted by Crippen LogP contribution is 2.62. The average Bonchev–Trinajstić information content (AvgIpc) is 2.88. The molecule has 4 nitrogen and oxygen atoms in total. The number of aliphatic hydroxyl groups excluding tert-OH is 1. The molecule has 1 aromatic carbocycles. The molecule has 5 atom stereocenters. The lowest BCUT2D eigenvalue weighted by Gasteiger charge is -2.57. The summed E-state index contributed by atoms with van der Waals surface area (Å²) in [5, 5.41) is 10.8. The topological polar surface area (TPSA) is 41.9 Å². The van der Waals surface area contributed by atoms with E-state index in [-0.39, 0.29) is 17.4 Å². The fourth-order valence-electron chi connectivity index (χ4n) is 5.57. The molecule has 2 aliphatic carbocycles. The van der Waals surface area contributed by atoms with Gasteiger partial charge < -0.3 is 19.5 Å². The number of rotatable bonds is 2. The predicted molar refractivity (Wildman–Crippen MR) is 87.1 cm³/mol. The molecule has 1 aromatic rings. The zero-order valence-electron chi connectivity index (χ0n) is 13.7. The van der Waals surface area contributed by atoms with Gasteiger partial charge in [-0.3, -0.25) is 0 Å². The van der Waals surface area contributed by atoms with Crippen molar-refractivity contribution in [2.45, 2.75) is 43.4 Å². The zero-order valence-corrected chi connectivity index (χ0v) is 13.7. The summed E-state index contributed by atoms with van der Waals surface area (Å²) in [6.07, 6.45) is 5.68. The number of hydrogen-bond acceptors (Lipinski definition) is 4. The lowest BCUT2D eigenvalue weighted by atomic mass is 9.52. The van der Waals surface area contributed by atoms with Crippen LogP contribution in [0.2, 0.25) is 0 Å². The molecule has 122 valence electrons. The first kappa shape index (κ1) is 13.9. The molecule has 0 radical (unpaired) electrons. The molecule has 23 heavy (non-hydrogen) atoms. The first-order valence-electron chi connectivity index (χ1n) is 8.69. The summed E-state index contributed by atoms with van der Waals surface area (Å²) in [6, 6.07) is 4.65. The first-order chi connectivity index (χ1) is 11.2. The highest BCUT2D eigenvalue weighted by atomic mass is 16.5. The Kier molecular flexibility index (Phi) is 2.73. The van der Waals surface area contributed by atoms with E-state index in [1.165, 1.54) is 11.1 Å². The molecular formula is C19H23NO3. The van der Waals surface area contributed by atoms with Gasteiger partial charge >= 0.3 is 0 Å². The second-order valence-electron chi connectivity index (χ2n) is 7.34.